The van der Waals surface area contributed by atoms with Crippen LogP contribution in [0.5, 0.6) is 0 Å². The SMILES string of the molecule is Cc1nc(Nc2ncc(C(=O)Cc3c(C)cccc3Cl)s2)cc(S(=O)(=O)N2CCN(c3ncc(C(=O)CO)cn3)CC2)n1. The number of ketones is 2. The highest BCUT2D eigenvalue weighted by atomic mass is 35.5. The zero-order valence-electron chi connectivity index (χ0n) is 23.2. The van der Waals surface area contributed by atoms with Gasteiger partial charge in [0.25, 0.3) is 10.0 Å². The number of nitrogens with one attached hydrogen (secondary N) is 1. The zero-order chi connectivity index (χ0) is 30.7. The summed E-state index contributed by atoms with van der Waals surface area (Å²) in [5.74, 6) is 0.215. The Balaban J connectivity index is 1.25. The van der Waals surface area contributed by atoms with Gasteiger partial charge in [-0.25, -0.2) is 33.3 Å². The molecule has 43 heavy (non-hydrogen) atoms. The van der Waals surface area contributed by atoms with Crippen LogP contribution >= 0.6 is 22.9 Å². The molecule has 0 spiro atoms. The minimum Gasteiger partial charge on any atom is -0.388 e. The van der Waals surface area contributed by atoms with Crippen LogP contribution in [0.15, 0.2) is 47.9 Å². The number of rotatable bonds is 10. The summed E-state index contributed by atoms with van der Waals surface area (Å²) in [6.07, 6.45) is 4.28. The number of anilines is 3. The van der Waals surface area contributed by atoms with E-state index in [1.165, 1.54) is 29.0 Å². The standard InChI is InChI=1S/C27H27ClN8O5S2/c1-16-4-3-5-20(28)19(16)10-21(38)23-14-31-27(42-23)34-24-11-25(33-17(2)32-24)43(40,41)36-8-6-35(7-9-36)26-29-12-18(13-30-26)22(39)15-37/h3-5,11-14,37H,6-10,15H2,1-2H3,(H,31,32,33,34). The fraction of sp³-hybridized carbons (Fsp3) is 0.296. The van der Waals surface area contributed by atoms with Gasteiger partial charge >= 0.3 is 0 Å². The van der Waals surface area contributed by atoms with E-state index in [9.17, 15) is 18.0 Å². The van der Waals surface area contributed by atoms with Crippen LogP contribution in [0.2, 0.25) is 5.02 Å². The van der Waals surface area contributed by atoms with Crippen molar-refractivity contribution in [3.63, 3.8) is 0 Å². The van der Waals surface area contributed by atoms with Crippen LogP contribution in [0.4, 0.5) is 16.9 Å². The molecule has 0 aliphatic carbocycles. The molecule has 16 heteroatoms. The minimum atomic E-state index is -3.96. The Kier molecular flexibility index (Phi) is 9.08. The molecule has 1 aliphatic heterocycles. The second kappa shape index (κ2) is 12.8. The lowest BCUT2D eigenvalue weighted by molar-refractivity contribution is 0.0902. The number of aryl methyl sites for hydroxylation is 2. The molecule has 0 amide bonds. The topological polar surface area (TPSA) is 171 Å². The second-order valence-electron chi connectivity index (χ2n) is 9.67. The van der Waals surface area contributed by atoms with Crippen molar-refractivity contribution in [3.05, 3.63) is 75.3 Å². The average Bonchev–Trinajstić information content (AvgIpc) is 3.47. The number of aromatic nitrogens is 5. The third-order valence-electron chi connectivity index (χ3n) is 6.75. The molecule has 0 bridgehead atoms. The summed E-state index contributed by atoms with van der Waals surface area (Å²) in [4.78, 5) is 47.8. The Hall–Kier alpha value is -3.89. The number of nitrogens with zero attached hydrogens (tertiary/aromatic N) is 7. The first-order valence-electron chi connectivity index (χ1n) is 13.1. The molecule has 5 rings (SSSR count). The maximum atomic E-state index is 13.5. The molecule has 1 saturated heterocycles. The Morgan fingerprint density at radius 3 is 2.42 bits per heavy atom. The van der Waals surface area contributed by atoms with Gasteiger partial charge in [-0.1, -0.05) is 35.1 Å². The van der Waals surface area contributed by atoms with Crippen molar-refractivity contribution in [2.45, 2.75) is 25.3 Å². The van der Waals surface area contributed by atoms with E-state index in [1.807, 2.05) is 24.0 Å². The van der Waals surface area contributed by atoms with E-state index < -0.39 is 22.4 Å². The van der Waals surface area contributed by atoms with Crippen LogP contribution in [-0.2, 0) is 16.4 Å². The van der Waals surface area contributed by atoms with Gasteiger partial charge in [-0.3, -0.25) is 9.59 Å². The van der Waals surface area contributed by atoms with Crippen LogP contribution in [0.3, 0.4) is 0 Å². The molecule has 1 aliphatic rings. The van der Waals surface area contributed by atoms with Crippen molar-refractivity contribution < 1.29 is 23.1 Å². The molecule has 0 atom stereocenters. The van der Waals surface area contributed by atoms with E-state index in [2.05, 4.69) is 30.2 Å². The van der Waals surface area contributed by atoms with E-state index in [0.717, 1.165) is 22.5 Å². The number of halogens is 1. The van der Waals surface area contributed by atoms with Gasteiger partial charge in [0.15, 0.2) is 21.7 Å². The summed E-state index contributed by atoms with van der Waals surface area (Å²) in [6.45, 7) is 3.84. The van der Waals surface area contributed by atoms with E-state index in [0.29, 0.717) is 34.1 Å². The molecule has 13 nitrogen and oxygen atoms in total. The number of hydrogen-bond donors (Lipinski definition) is 2. The van der Waals surface area contributed by atoms with Gasteiger partial charge in [-0.15, -0.1) is 0 Å². The van der Waals surface area contributed by atoms with Gasteiger partial charge in [-0.2, -0.15) is 4.31 Å². The van der Waals surface area contributed by atoms with E-state index in [4.69, 9.17) is 16.7 Å². The Labute approximate surface area is 256 Å². The van der Waals surface area contributed by atoms with Crippen molar-refractivity contribution in [1.29, 1.82) is 0 Å². The number of aliphatic hydroxyl groups is 1. The van der Waals surface area contributed by atoms with Crippen molar-refractivity contribution >= 4 is 61.4 Å². The maximum absolute atomic E-state index is 13.5. The predicted octanol–water partition coefficient (Wildman–Crippen LogP) is 2.85. The Morgan fingerprint density at radius 1 is 1.02 bits per heavy atom. The zero-order valence-corrected chi connectivity index (χ0v) is 25.6. The lowest BCUT2D eigenvalue weighted by Crippen LogP contribution is -2.49. The van der Waals surface area contributed by atoms with Gasteiger partial charge < -0.3 is 15.3 Å². The number of hydrogen-bond acceptors (Lipinski definition) is 13. The number of benzene rings is 1. The lowest BCUT2D eigenvalue weighted by Gasteiger charge is -2.33. The van der Waals surface area contributed by atoms with E-state index >= 15 is 0 Å². The first kappa shape index (κ1) is 30.6. The van der Waals surface area contributed by atoms with Gasteiger partial charge in [0.1, 0.15) is 18.2 Å². The van der Waals surface area contributed by atoms with Gasteiger partial charge in [0.2, 0.25) is 5.95 Å². The Morgan fingerprint density at radius 2 is 1.74 bits per heavy atom. The van der Waals surface area contributed by atoms with Crippen LogP contribution in [0, 0.1) is 13.8 Å². The molecular weight excluding hydrogens is 616 g/mol. The molecule has 0 unspecified atom stereocenters. The maximum Gasteiger partial charge on any atom is 0.260 e. The van der Waals surface area contributed by atoms with Gasteiger partial charge in [-0.05, 0) is 31.0 Å². The molecule has 1 fully saturated rings. The normalized spacial score (nSPS) is 14.1. The summed E-state index contributed by atoms with van der Waals surface area (Å²) in [6, 6.07) is 6.82. The number of sulfonamides is 1. The first-order valence-corrected chi connectivity index (χ1v) is 15.8. The molecular formula is C27H27ClN8O5S2. The molecule has 2 N–H and O–H groups in total. The molecule has 224 valence electrons. The lowest BCUT2D eigenvalue weighted by atomic mass is 10.0. The van der Waals surface area contributed by atoms with Crippen LogP contribution in [0.25, 0.3) is 0 Å². The third kappa shape index (κ3) is 6.86. The molecule has 3 aromatic heterocycles. The first-order chi connectivity index (χ1) is 20.5. The highest BCUT2D eigenvalue weighted by Crippen LogP contribution is 2.27. The van der Waals surface area contributed by atoms with E-state index in [-0.39, 0.29) is 47.5 Å². The second-order valence-corrected chi connectivity index (χ2v) is 13.0. The summed E-state index contributed by atoms with van der Waals surface area (Å²) in [5, 5.41) is 12.7. The number of aliphatic hydroxyl groups excluding tert-OH is 1. The highest BCUT2D eigenvalue weighted by molar-refractivity contribution is 7.89. The molecule has 1 aromatic carbocycles. The summed E-state index contributed by atoms with van der Waals surface area (Å²) in [7, 11) is -3.96. The number of carbonyl (C=O) groups excluding carboxylic acids is 2. The monoisotopic (exact) mass is 642 g/mol. The van der Waals surface area contributed by atoms with Crippen LogP contribution < -0.4 is 10.2 Å². The van der Waals surface area contributed by atoms with Crippen molar-refractivity contribution in [3.8, 4) is 0 Å². The molecule has 0 saturated carbocycles. The fourth-order valence-corrected chi connectivity index (χ4v) is 6.89. The van der Waals surface area contributed by atoms with Crippen molar-refractivity contribution in [2.75, 3.05) is 43.0 Å². The number of piperazine rings is 1. The highest BCUT2D eigenvalue weighted by Gasteiger charge is 2.31. The number of thiazole rings is 1. The smallest absolute Gasteiger partial charge is 0.260 e. The largest absolute Gasteiger partial charge is 0.388 e. The molecule has 4 heterocycles. The summed E-state index contributed by atoms with van der Waals surface area (Å²) < 4.78 is 28.3. The predicted molar refractivity (Wildman–Crippen MR) is 161 cm³/mol. The van der Waals surface area contributed by atoms with Crippen molar-refractivity contribution in [1.82, 2.24) is 29.2 Å². The average molecular weight is 643 g/mol. The number of carbonyl (C=O) groups is 2. The number of Topliss-reactive ketones (excluding diaryl/α,β-unsaturated/α-hetero) is 2. The van der Waals surface area contributed by atoms with Gasteiger partial charge in [0, 0.05) is 56.1 Å². The summed E-state index contributed by atoms with van der Waals surface area (Å²) in [5.41, 5.74) is 1.89. The quantitative estimate of drug-likeness (QED) is 0.192. The van der Waals surface area contributed by atoms with Crippen molar-refractivity contribution in [2.24, 2.45) is 0 Å². The summed E-state index contributed by atoms with van der Waals surface area (Å²) >= 11 is 7.41. The van der Waals surface area contributed by atoms with E-state index in [1.54, 1.807) is 13.0 Å². The van der Waals surface area contributed by atoms with Crippen LogP contribution in [-0.4, -0.2) is 87.1 Å². The third-order valence-corrected chi connectivity index (χ3v) is 9.84. The van der Waals surface area contributed by atoms with Crippen LogP contribution in [0.1, 0.15) is 37.0 Å². The molecule has 0 radical (unpaired) electrons. The fourth-order valence-electron chi connectivity index (χ4n) is 4.43. The minimum absolute atomic E-state index is 0.135. The Bertz CT molecular complexity index is 1750. The van der Waals surface area contributed by atoms with Gasteiger partial charge in [0.05, 0.1) is 16.6 Å². The molecule has 4 aromatic rings.